The second-order valence-electron chi connectivity index (χ2n) is 6.76. The molecule has 1 aromatic heterocycles. The highest BCUT2D eigenvalue weighted by Crippen LogP contribution is 2.24. The Hall–Kier alpha value is -2.01. The molecule has 0 fully saturated rings. The number of hydrogen-bond donors (Lipinski definition) is 1. The average Bonchev–Trinajstić information content (AvgIpc) is 2.59. The first-order chi connectivity index (χ1) is 11.9. The number of pyridine rings is 1. The van der Waals surface area contributed by atoms with Crippen molar-refractivity contribution >= 4 is 17.7 Å². The fourth-order valence-electron chi connectivity index (χ4n) is 2.60. The molecule has 5 heteroatoms. The van der Waals surface area contributed by atoms with Gasteiger partial charge in [-0.1, -0.05) is 52.0 Å². The van der Waals surface area contributed by atoms with Gasteiger partial charge >= 0.3 is 0 Å². The van der Waals surface area contributed by atoms with Crippen molar-refractivity contribution in [1.29, 1.82) is 0 Å². The fraction of sp³-hybridized carbons (Fsp3) is 0.400. The van der Waals surface area contributed by atoms with E-state index in [1.165, 1.54) is 23.5 Å². The molecular weight excluding hydrogens is 332 g/mol. The molecule has 0 bridgehead atoms. The minimum absolute atomic E-state index is 0.0375. The number of aromatic nitrogens is 1. The van der Waals surface area contributed by atoms with E-state index < -0.39 is 0 Å². The Bertz CT molecular complexity index is 699. The van der Waals surface area contributed by atoms with Crippen LogP contribution in [0.25, 0.3) is 0 Å². The molecule has 2 aromatic rings. The predicted octanol–water partition coefficient (Wildman–Crippen LogP) is 4.05. The van der Waals surface area contributed by atoms with Crippen LogP contribution in [0.3, 0.4) is 0 Å². The second-order valence-corrected chi connectivity index (χ2v) is 7.76. The van der Waals surface area contributed by atoms with E-state index >= 15 is 0 Å². The Morgan fingerprint density at radius 3 is 2.28 bits per heavy atom. The van der Waals surface area contributed by atoms with Crippen LogP contribution in [0.15, 0.2) is 53.7 Å². The zero-order valence-electron chi connectivity index (χ0n) is 15.2. The lowest BCUT2D eigenvalue weighted by molar-refractivity contribution is -0.645. The molecule has 0 aliphatic rings. The standard InChI is InChI=1S/C20H26N2O2S/c1-14(2)16-8-10-17(11-9-16)20(15(3)4)21-18(23)13-25-19-7-5-6-12-22(19)24/h5-12,14-15,20H,13H2,1-4H3,(H,21,23)/t20-/m1/s1. The number of benzene rings is 1. The van der Waals surface area contributed by atoms with Gasteiger partial charge in [-0.05, 0) is 40.8 Å². The number of nitrogens with one attached hydrogen (secondary N) is 1. The van der Waals surface area contributed by atoms with Crippen molar-refractivity contribution in [2.24, 2.45) is 5.92 Å². The van der Waals surface area contributed by atoms with Gasteiger partial charge in [0.25, 0.3) is 5.03 Å². The number of thioether (sulfide) groups is 1. The van der Waals surface area contributed by atoms with Gasteiger partial charge < -0.3 is 10.5 Å². The zero-order chi connectivity index (χ0) is 18.4. The first kappa shape index (κ1) is 19.3. The summed E-state index contributed by atoms with van der Waals surface area (Å²) >= 11 is 1.25. The van der Waals surface area contributed by atoms with Gasteiger partial charge in [0.15, 0.2) is 6.20 Å². The van der Waals surface area contributed by atoms with Crippen LogP contribution in [0.1, 0.15) is 50.8 Å². The van der Waals surface area contributed by atoms with Crippen molar-refractivity contribution in [3.63, 3.8) is 0 Å². The van der Waals surface area contributed by atoms with Crippen LogP contribution in [0, 0.1) is 11.1 Å². The van der Waals surface area contributed by atoms with E-state index in [-0.39, 0.29) is 23.6 Å². The van der Waals surface area contributed by atoms with Crippen molar-refractivity contribution in [1.82, 2.24) is 5.32 Å². The van der Waals surface area contributed by atoms with Crippen molar-refractivity contribution in [2.45, 2.75) is 44.7 Å². The summed E-state index contributed by atoms with van der Waals surface area (Å²) in [6, 6.07) is 13.6. The largest absolute Gasteiger partial charge is 0.618 e. The lowest BCUT2D eigenvalue weighted by atomic mass is 9.93. The Morgan fingerprint density at radius 2 is 1.72 bits per heavy atom. The Balaban J connectivity index is 2.01. The van der Waals surface area contributed by atoms with E-state index in [4.69, 9.17) is 0 Å². The third kappa shape index (κ3) is 5.49. The molecular formula is C20H26N2O2S. The van der Waals surface area contributed by atoms with Crippen molar-refractivity contribution < 1.29 is 9.52 Å². The maximum absolute atomic E-state index is 12.3. The van der Waals surface area contributed by atoms with Gasteiger partial charge in [-0.15, -0.1) is 0 Å². The molecule has 1 amide bonds. The van der Waals surface area contributed by atoms with Crippen molar-refractivity contribution in [3.05, 3.63) is 65.0 Å². The number of carbonyl (C=O) groups is 1. The summed E-state index contributed by atoms with van der Waals surface area (Å²) in [5.74, 6) is 0.919. The van der Waals surface area contributed by atoms with E-state index in [1.54, 1.807) is 18.2 Å². The molecule has 1 heterocycles. The summed E-state index contributed by atoms with van der Waals surface area (Å²) in [4.78, 5) is 12.3. The molecule has 0 radical (unpaired) electrons. The molecule has 4 nitrogen and oxygen atoms in total. The van der Waals surface area contributed by atoms with E-state index in [0.29, 0.717) is 10.9 Å². The van der Waals surface area contributed by atoms with Crippen LogP contribution >= 0.6 is 11.8 Å². The van der Waals surface area contributed by atoms with Gasteiger partial charge in [-0.2, -0.15) is 4.73 Å². The minimum atomic E-state index is -0.0690. The van der Waals surface area contributed by atoms with Crippen molar-refractivity contribution in [2.75, 3.05) is 5.75 Å². The first-order valence-electron chi connectivity index (χ1n) is 8.58. The third-order valence-corrected chi connectivity index (χ3v) is 5.10. The summed E-state index contributed by atoms with van der Waals surface area (Å²) in [5, 5.41) is 15.3. The average molecular weight is 359 g/mol. The monoisotopic (exact) mass is 358 g/mol. The van der Waals surface area contributed by atoms with Gasteiger partial charge in [-0.25, -0.2) is 0 Å². The van der Waals surface area contributed by atoms with Crippen LogP contribution in [-0.4, -0.2) is 11.7 Å². The van der Waals surface area contributed by atoms with Crippen LogP contribution in [-0.2, 0) is 4.79 Å². The summed E-state index contributed by atoms with van der Waals surface area (Å²) in [7, 11) is 0. The number of carbonyl (C=O) groups excluding carboxylic acids is 1. The molecule has 0 aliphatic heterocycles. The lowest BCUT2D eigenvalue weighted by Gasteiger charge is -2.23. The SMILES string of the molecule is CC(C)c1ccc([C@H](NC(=O)CSc2cccc[n+]2[O-])C(C)C)cc1. The van der Waals surface area contributed by atoms with E-state index in [0.717, 1.165) is 10.3 Å². The Labute approximate surface area is 154 Å². The molecule has 0 saturated heterocycles. The van der Waals surface area contributed by atoms with Crippen LogP contribution in [0.2, 0.25) is 0 Å². The molecule has 0 aliphatic carbocycles. The normalized spacial score (nSPS) is 12.4. The highest BCUT2D eigenvalue weighted by molar-refractivity contribution is 7.99. The Morgan fingerprint density at radius 1 is 1.08 bits per heavy atom. The zero-order valence-corrected chi connectivity index (χ0v) is 16.0. The molecule has 1 atom stereocenters. The van der Waals surface area contributed by atoms with E-state index in [2.05, 4.69) is 57.3 Å². The van der Waals surface area contributed by atoms with Crippen LogP contribution in [0.5, 0.6) is 0 Å². The fourth-order valence-corrected chi connectivity index (χ4v) is 3.33. The smallest absolute Gasteiger partial charge is 0.251 e. The van der Waals surface area contributed by atoms with E-state index in [1.807, 2.05) is 0 Å². The first-order valence-corrected chi connectivity index (χ1v) is 9.57. The molecule has 134 valence electrons. The molecule has 1 N–H and O–H groups in total. The molecule has 1 aromatic carbocycles. The van der Waals surface area contributed by atoms with Gasteiger partial charge in [0.2, 0.25) is 5.91 Å². The number of amides is 1. The molecule has 2 rings (SSSR count). The second kappa shape index (κ2) is 8.90. The minimum Gasteiger partial charge on any atom is -0.618 e. The van der Waals surface area contributed by atoms with Gasteiger partial charge in [0, 0.05) is 12.1 Å². The molecule has 0 spiro atoms. The van der Waals surface area contributed by atoms with Crippen LogP contribution < -0.4 is 10.0 Å². The summed E-state index contributed by atoms with van der Waals surface area (Å²) in [5.41, 5.74) is 2.40. The van der Waals surface area contributed by atoms with Crippen LogP contribution in [0.4, 0.5) is 0 Å². The molecule has 0 saturated carbocycles. The van der Waals surface area contributed by atoms with Gasteiger partial charge in [0.05, 0.1) is 11.8 Å². The highest BCUT2D eigenvalue weighted by atomic mass is 32.2. The van der Waals surface area contributed by atoms with E-state index in [9.17, 15) is 10.0 Å². The summed E-state index contributed by atoms with van der Waals surface area (Å²) in [6.07, 6.45) is 1.44. The maximum Gasteiger partial charge on any atom is 0.251 e. The van der Waals surface area contributed by atoms with Crippen molar-refractivity contribution in [3.8, 4) is 0 Å². The number of nitrogens with zero attached hydrogens (tertiary/aromatic N) is 1. The number of hydrogen-bond acceptors (Lipinski definition) is 3. The quantitative estimate of drug-likeness (QED) is 0.461. The molecule has 0 unspecified atom stereocenters. The summed E-state index contributed by atoms with van der Waals surface area (Å²) in [6.45, 7) is 8.52. The Kier molecular flexibility index (Phi) is 6.88. The maximum atomic E-state index is 12.3. The summed E-state index contributed by atoms with van der Waals surface area (Å²) < 4.78 is 0.780. The number of rotatable bonds is 7. The third-order valence-electron chi connectivity index (χ3n) is 4.09. The lowest BCUT2D eigenvalue weighted by Crippen LogP contribution is -2.34. The topological polar surface area (TPSA) is 56.0 Å². The highest BCUT2D eigenvalue weighted by Gasteiger charge is 2.19. The van der Waals surface area contributed by atoms with Gasteiger partial charge in [0.1, 0.15) is 0 Å². The predicted molar refractivity (Wildman–Crippen MR) is 102 cm³/mol. The molecule has 25 heavy (non-hydrogen) atoms. The van der Waals surface area contributed by atoms with Gasteiger partial charge in [-0.3, -0.25) is 4.79 Å².